The van der Waals surface area contributed by atoms with Crippen LogP contribution < -0.4 is 5.32 Å². The molecule has 0 saturated carbocycles. The maximum Gasteiger partial charge on any atom is 0.256 e. The number of anilines is 1. The molecule has 0 radical (unpaired) electrons. The molecule has 0 spiro atoms. The van der Waals surface area contributed by atoms with E-state index < -0.39 is 0 Å². The third-order valence-corrected chi connectivity index (χ3v) is 3.61. The van der Waals surface area contributed by atoms with Crippen molar-refractivity contribution in [1.29, 1.82) is 0 Å². The van der Waals surface area contributed by atoms with Crippen molar-refractivity contribution in [3.05, 3.63) is 57.5 Å². The molecule has 0 saturated heterocycles. The molecule has 0 aliphatic heterocycles. The molecule has 18 heavy (non-hydrogen) atoms. The molecule has 92 valence electrons. The van der Waals surface area contributed by atoms with E-state index in [-0.39, 0.29) is 5.91 Å². The van der Waals surface area contributed by atoms with Gasteiger partial charge < -0.3 is 5.32 Å². The highest BCUT2D eigenvalue weighted by atomic mass is 79.9. The first-order chi connectivity index (χ1) is 8.58. The van der Waals surface area contributed by atoms with Gasteiger partial charge in [0.05, 0.1) is 11.3 Å². The summed E-state index contributed by atoms with van der Waals surface area (Å²) in [5.41, 5.74) is 1.20. The normalized spacial score (nSPS) is 10.2. The van der Waals surface area contributed by atoms with Gasteiger partial charge in [0.2, 0.25) is 0 Å². The first kappa shape index (κ1) is 13.5. The predicted molar refractivity (Wildman–Crippen MR) is 80.8 cm³/mol. The number of benzene rings is 2. The van der Waals surface area contributed by atoms with Crippen LogP contribution in [0.3, 0.4) is 0 Å². The van der Waals surface area contributed by atoms with Gasteiger partial charge in [-0.1, -0.05) is 23.7 Å². The fraction of sp³-hybridized carbons (Fsp3) is 0. The SMILES string of the molecule is O=C(Nc1ccc(Cl)cc1Br)c1ccccc1S. The highest BCUT2D eigenvalue weighted by Crippen LogP contribution is 2.26. The quantitative estimate of drug-likeness (QED) is 0.765. The van der Waals surface area contributed by atoms with E-state index in [2.05, 4.69) is 33.9 Å². The molecule has 2 aromatic rings. The lowest BCUT2D eigenvalue weighted by Crippen LogP contribution is -2.12. The van der Waals surface area contributed by atoms with E-state index >= 15 is 0 Å². The first-order valence-electron chi connectivity index (χ1n) is 5.12. The summed E-state index contributed by atoms with van der Waals surface area (Å²) in [5, 5.41) is 3.41. The first-order valence-corrected chi connectivity index (χ1v) is 6.74. The van der Waals surface area contributed by atoms with Crippen molar-refractivity contribution in [2.45, 2.75) is 4.90 Å². The number of carbonyl (C=O) groups excluding carboxylic acids is 1. The Morgan fingerprint density at radius 3 is 2.61 bits per heavy atom. The van der Waals surface area contributed by atoms with Gasteiger partial charge in [0.25, 0.3) is 5.91 Å². The number of hydrogen-bond acceptors (Lipinski definition) is 2. The van der Waals surface area contributed by atoms with Crippen molar-refractivity contribution < 1.29 is 4.79 Å². The molecule has 2 aromatic carbocycles. The smallest absolute Gasteiger partial charge is 0.256 e. The molecule has 0 fully saturated rings. The summed E-state index contributed by atoms with van der Waals surface area (Å²) in [6, 6.07) is 12.3. The van der Waals surface area contributed by atoms with Gasteiger partial charge in [-0.3, -0.25) is 4.79 Å². The highest BCUT2D eigenvalue weighted by molar-refractivity contribution is 9.10. The van der Waals surface area contributed by atoms with Crippen molar-refractivity contribution in [3.8, 4) is 0 Å². The molecule has 0 heterocycles. The molecule has 0 aromatic heterocycles. The predicted octanol–water partition coefficient (Wildman–Crippen LogP) is 4.64. The summed E-state index contributed by atoms with van der Waals surface area (Å²) in [4.78, 5) is 12.7. The molecule has 2 rings (SSSR count). The Kier molecular flexibility index (Phi) is 4.32. The average molecular weight is 343 g/mol. The van der Waals surface area contributed by atoms with Crippen molar-refractivity contribution >= 4 is 51.8 Å². The maximum atomic E-state index is 12.1. The van der Waals surface area contributed by atoms with Crippen LogP contribution in [0.4, 0.5) is 5.69 Å². The Labute approximate surface area is 124 Å². The van der Waals surface area contributed by atoms with E-state index in [4.69, 9.17) is 11.6 Å². The number of carbonyl (C=O) groups is 1. The van der Waals surface area contributed by atoms with Crippen LogP contribution in [0.5, 0.6) is 0 Å². The van der Waals surface area contributed by atoms with Crippen LogP contribution in [0.15, 0.2) is 51.8 Å². The fourth-order valence-corrected chi connectivity index (χ4v) is 2.49. The molecule has 0 atom stereocenters. The van der Waals surface area contributed by atoms with E-state index in [0.717, 1.165) is 4.47 Å². The summed E-state index contributed by atoms with van der Waals surface area (Å²) < 4.78 is 0.736. The van der Waals surface area contributed by atoms with Crippen molar-refractivity contribution in [3.63, 3.8) is 0 Å². The van der Waals surface area contributed by atoms with Gasteiger partial charge in [-0.25, -0.2) is 0 Å². The largest absolute Gasteiger partial charge is 0.321 e. The van der Waals surface area contributed by atoms with Gasteiger partial charge in [0, 0.05) is 14.4 Å². The molecule has 0 bridgehead atoms. The second-order valence-corrected chi connectivity index (χ2v) is 5.37. The number of thiol groups is 1. The maximum absolute atomic E-state index is 12.1. The van der Waals surface area contributed by atoms with Crippen LogP contribution in [-0.4, -0.2) is 5.91 Å². The number of hydrogen-bond donors (Lipinski definition) is 2. The van der Waals surface area contributed by atoms with Gasteiger partial charge in [-0.15, -0.1) is 12.6 Å². The van der Waals surface area contributed by atoms with E-state index in [0.29, 0.717) is 21.2 Å². The van der Waals surface area contributed by atoms with Gasteiger partial charge in [-0.05, 0) is 46.3 Å². The van der Waals surface area contributed by atoms with E-state index in [1.807, 2.05) is 6.07 Å². The van der Waals surface area contributed by atoms with E-state index in [1.165, 1.54) is 0 Å². The average Bonchev–Trinajstić information content (AvgIpc) is 2.33. The topological polar surface area (TPSA) is 29.1 Å². The van der Waals surface area contributed by atoms with Crippen LogP contribution in [0.1, 0.15) is 10.4 Å². The minimum absolute atomic E-state index is 0.205. The zero-order valence-corrected chi connectivity index (χ0v) is 12.4. The minimum Gasteiger partial charge on any atom is -0.321 e. The monoisotopic (exact) mass is 341 g/mol. The summed E-state index contributed by atoms with van der Waals surface area (Å²) in [6.45, 7) is 0. The zero-order chi connectivity index (χ0) is 13.1. The van der Waals surface area contributed by atoms with E-state index in [1.54, 1.807) is 36.4 Å². The van der Waals surface area contributed by atoms with Crippen molar-refractivity contribution in [2.75, 3.05) is 5.32 Å². The molecule has 0 unspecified atom stereocenters. The van der Waals surface area contributed by atoms with Gasteiger partial charge in [-0.2, -0.15) is 0 Å². The number of amides is 1. The third kappa shape index (κ3) is 3.07. The molecule has 0 aliphatic rings. The molecule has 1 N–H and O–H groups in total. The van der Waals surface area contributed by atoms with Crippen LogP contribution in [0, 0.1) is 0 Å². The third-order valence-electron chi connectivity index (χ3n) is 2.33. The Morgan fingerprint density at radius 1 is 1.22 bits per heavy atom. The minimum atomic E-state index is -0.205. The highest BCUT2D eigenvalue weighted by Gasteiger charge is 2.10. The lowest BCUT2D eigenvalue weighted by Gasteiger charge is -2.09. The van der Waals surface area contributed by atoms with Crippen LogP contribution in [-0.2, 0) is 0 Å². The second-order valence-electron chi connectivity index (χ2n) is 3.60. The Balaban J connectivity index is 2.24. The van der Waals surface area contributed by atoms with Crippen molar-refractivity contribution in [1.82, 2.24) is 0 Å². The molecule has 0 aliphatic carbocycles. The number of nitrogens with one attached hydrogen (secondary N) is 1. The Bertz CT molecular complexity index is 603. The number of rotatable bonds is 2. The summed E-state index contributed by atoms with van der Waals surface area (Å²) in [5.74, 6) is -0.205. The summed E-state index contributed by atoms with van der Waals surface area (Å²) in [6.07, 6.45) is 0. The lowest BCUT2D eigenvalue weighted by molar-refractivity contribution is 0.102. The lowest BCUT2D eigenvalue weighted by atomic mass is 10.2. The fourth-order valence-electron chi connectivity index (χ4n) is 1.45. The molecule has 2 nitrogen and oxygen atoms in total. The molecular formula is C13H9BrClNOS. The van der Waals surface area contributed by atoms with Gasteiger partial charge in [0.1, 0.15) is 0 Å². The van der Waals surface area contributed by atoms with Gasteiger partial charge >= 0.3 is 0 Å². The zero-order valence-electron chi connectivity index (χ0n) is 9.15. The van der Waals surface area contributed by atoms with Crippen molar-refractivity contribution in [2.24, 2.45) is 0 Å². The van der Waals surface area contributed by atoms with Crippen LogP contribution in [0.2, 0.25) is 5.02 Å². The van der Waals surface area contributed by atoms with E-state index in [9.17, 15) is 4.79 Å². The molecule has 5 heteroatoms. The summed E-state index contributed by atoms with van der Waals surface area (Å²) >= 11 is 13.4. The Morgan fingerprint density at radius 2 is 1.94 bits per heavy atom. The molecular weight excluding hydrogens is 334 g/mol. The van der Waals surface area contributed by atoms with Crippen LogP contribution in [0.25, 0.3) is 0 Å². The molecule has 1 amide bonds. The number of halogens is 2. The standard InChI is InChI=1S/C13H9BrClNOS/c14-10-7-8(15)5-6-11(10)16-13(17)9-3-1-2-4-12(9)18/h1-7,18H,(H,16,17). The Hall–Kier alpha value is -0.970. The second kappa shape index (κ2) is 5.78. The summed E-state index contributed by atoms with van der Waals surface area (Å²) in [7, 11) is 0. The van der Waals surface area contributed by atoms with Gasteiger partial charge in [0.15, 0.2) is 0 Å². The van der Waals surface area contributed by atoms with Crippen LogP contribution >= 0.6 is 40.2 Å².